The molecule has 0 bridgehead atoms. The normalized spacial score (nSPS) is 31.4. The monoisotopic (exact) mass is 255 g/mol. The predicted octanol–water partition coefficient (Wildman–Crippen LogP) is 1.33. The summed E-state index contributed by atoms with van der Waals surface area (Å²) in [6, 6.07) is 0. The number of aromatic nitrogens is 1. The van der Waals surface area contributed by atoms with Crippen LogP contribution in [0.3, 0.4) is 0 Å². The first-order valence-corrected chi connectivity index (χ1v) is 6.92. The van der Waals surface area contributed by atoms with E-state index in [1.807, 2.05) is 0 Å². The van der Waals surface area contributed by atoms with Gasteiger partial charge in [-0.1, -0.05) is 12.2 Å². The van der Waals surface area contributed by atoms with E-state index in [1.54, 1.807) is 0 Å². The van der Waals surface area contributed by atoms with Crippen LogP contribution in [0.1, 0.15) is 29.2 Å². The maximum atomic E-state index is 11.4. The standard InChI is InChI=1S/C15H17N3O/c16-15(19)9-4-11-10-2-1-3-12-14(10)8(6-17-12)5-13(11)18-7-9/h1-2,6,9-11,17H,3-5,7H2,(H2,16,19)/t9-,10?,11?/m1/s1. The van der Waals surface area contributed by atoms with Crippen LogP contribution in [0.4, 0.5) is 0 Å². The molecule has 0 saturated heterocycles. The first kappa shape index (κ1) is 11.0. The van der Waals surface area contributed by atoms with Gasteiger partial charge in [0, 0.05) is 42.3 Å². The second kappa shape index (κ2) is 3.83. The molecule has 1 aliphatic heterocycles. The van der Waals surface area contributed by atoms with Gasteiger partial charge >= 0.3 is 0 Å². The number of allylic oxidation sites excluding steroid dienone is 2. The van der Waals surface area contributed by atoms with Gasteiger partial charge in [-0.2, -0.15) is 0 Å². The Labute approximate surface area is 111 Å². The molecule has 3 N–H and O–H groups in total. The third-order valence-corrected chi connectivity index (χ3v) is 4.78. The number of aromatic amines is 1. The molecule has 19 heavy (non-hydrogen) atoms. The van der Waals surface area contributed by atoms with Crippen molar-refractivity contribution in [3.63, 3.8) is 0 Å². The van der Waals surface area contributed by atoms with Crippen LogP contribution in [0.15, 0.2) is 23.3 Å². The first-order valence-electron chi connectivity index (χ1n) is 6.92. The van der Waals surface area contributed by atoms with Crippen molar-refractivity contribution in [2.75, 3.05) is 6.54 Å². The highest BCUT2D eigenvalue weighted by Crippen LogP contribution is 2.44. The summed E-state index contributed by atoms with van der Waals surface area (Å²) in [4.78, 5) is 19.5. The molecule has 3 aliphatic rings. The summed E-state index contributed by atoms with van der Waals surface area (Å²) < 4.78 is 0. The van der Waals surface area contributed by atoms with Gasteiger partial charge in [-0.05, 0) is 17.5 Å². The lowest BCUT2D eigenvalue weighted by molar-refractivity contribution is -0.122. The average molecular weight is 255 g/mol. The van der Waals surface area contributed by atoms with Gasteiger partial charge in [0.2, 0.25) is 5.91 Å². The fourth-order valence-electron chi connectivity index (χ4n) is 3.82. The molecule has 3 atom stereocenters. The fraction of sp³-hybridized carbons (Fsp3) is 0.467. The lowest BCUT2D eigenvalue weighted by Crippen LogP contribution is -2.39. The molecule has 1 aromatic heterocycles. The van der Waals surface area contributed by atoms with E-state index in [1.165, 1.54) is 22.5 Å². The quantitative estimate of drug-likeness (QED) is 0.730. The Morgan fingerprint density at radius 2 is 2.37 bits per heavy atom. The number of primary amides is 1. The molecule has 2 aliphatic carbocycles. The minimum atomic E-state index is -0.206. The van der Waals surface area contributed by atoms with Gasteiger partial charge in [0.25, 0.3) is 0 Å². The molecular weight excluding hydrogens is 238 g/mol. The molecule has 2 heterocycles. The van der Waals surface area contributed by atoms with E-state index in [9.17, 15) is 4.79 Å². The van der Waals surface area contributed by atoms with Crippen molar-refractivity contribution in [1.82, 2.24) is 4.98 Å². The number of aliphatic imine (C=N–C) groups is 1. The largest absolute Gasteiger partial charge is 0.369 e. The van der Waals surface area contributed by atoms with Crippen molar-refractivity contribution >= 4 is 11.6 Å². The zero-order valence-corrected chi connectivity index (χ0v) is 10.7. The van der Waals surface area contributed by atoms with Crippen molar-refractivity contribution in [3.05, 3.63) is 35.2 Å². The highest BCUT2D eigenvalue weighted by Gasteiger charge is 2.40. The molecule has 1 amide bonds. The van der Waals surface area contributed by atoms with Gasteiger partial charge < -0.3 is 10.7 Å². The number of rotatable bonds is 1. The van der Waals surface area contributed by atoms with Crippen LogP contribution in [0.2, 0.25) is 0 Å². The third kappa shape index (κ3) is 1.52. The predicted molar refractivity (Wildman–Crippen MR) is 73.2 cm³/mol. The van der Waals surface area contributed by atoms with E-state index in [0.717, 1.165) is 19.3 Å². The average Bonchev–Trinajstić information content (AvgIpc) is 2.83. The topological polar surface area (TPSA) is 71.2 Å². The smallest absolute Gasteiger partial charge is 0.222 e. The van der Waals surface area contributed by atoms with Crippen molar-refractivity contribution in [2.24, 2.45) is 22.6 Å². The van der Waals surface area contributed by atoms with Crippen molar-refractivity contribution in [2.45, 2.75) is 25.2 Å². The molecule has 0 aromatic carbocycles. The number of hydrogen-bond donors (Lipinski definition) is 2. The van der Waals surface area contributed by atoms with Crippen molar-refractivity contribution in [3.8, 4) is 0 Å². The summed E-state index contributed by atoms with van der Waals surface area (Å²) >= 11 is 0. The molecule has 4 nitrogen and oxygen atoms in total. The summed E-state index contributed by atoms with van der Waals surface area (Å²) in [7, 11) is 0. The lowest BCUT2D eigenvalue weighted by atomic mass is 9.68. The van der Waals surface area contributed by atoms with Crippen molar-refractivity contribution in [1.29, 1.82) is 0 Å². The van der Waals surface area contributed by atoms with Gasteiger partial charge in [0.1, 0.15) is 0 Å². The van der Waals surface area contributed by atoms with Crippen LogP contribution in [0, 0.1) is 11.8 Å². The van der Waals surface area contributed by atoms with Crippen LogP contribution in [-0.2, 0) is 17.6 Å². The number of fused-ring (bicyclic) bond motifs is 2. The Balaban J connectivity index is 1.78. The van der Waals surface area contributed by atoms with Crippen LogP contribution >= 0.6 is 0 Å². The number of hydrogen-bond acceptors (Lipinski definition) is 2. The lowest BCUT2D eigenvalue weighted by Gasteiger charge is -2.37. The number of amides is 1. The van der Waals surface area contributed by atoms with E-state index in [2.05, 4.69) is 28.3 Å². The summed E-state index contributed by atoms with van der Waals surface area (Å²) in [5, 5.41) is 0. The van der Waals surface area contributed by atoms with E-state index in [0.29, 0.717) is 18.4 Å². The molecule has 4 rings (SSSR count). The number of nitrogens with two attached hydrogens (primary N) is 1. The highest BCUT2D eigenvalue weighted by atomic mass is 16.1. The first-order chi connectivity index (χ1) is 9.24. The summed E-state index contributed by atoms with van der Waals surface area (Å²) in [5.41, 5.74) is 10.9. The van der Waals surface area contributed by atoms with Gasteiger partial charge in [-0.25, -0.2) is 0 Å². The maximum absolute atomic E-state index is 11.4. The summed E-state index contributed by atoms with van der Waals surface area (Å²) in [6.07, 6.45) is 9.43. The summed E-state index contributed by atoms with van der Waals surface area (Å²) in [5.74, 6) is 0.459. The fourth-order valence-corrected chi connectivity index (χ4v) is 3.82. The van der Waals surface area contributed by atoms with Crippen LogP contribution in [0.5, 0.6) is 0 Å². The zero-order valence-electron chi connectivity index (χ0n) is 10.7. The number of nitrogens with one attached hydrogen (secondary N) is 1. The molecule has 98 valence electrons. The zero-order chi connectivity index (χ0) is 13.0. The second-order valence-corrected chi connectivity index (χ2v) is 5.81. The van der Waals surface area contributed by atoms with E-state index in [-0.39, 0.29) is 11.8 Å². The summed E-state index contributed by atoms with van der Waals surface area (Å²) in [6.45, 7) is 0.574. The molecule has 0 fully saturated rings. The number of nitrogens with zero attached hydrogens (tertiary/aromatic N) is 1. The minimum absolute atomic E-state index is 0.0898. The third-order valence-electron chi connectivity index (χ3n) is 4.78. The van der Waals surface area contributed by atoms with Gasteiger partial charge in [-0.3, -0.25) is 9.79 Å². The second-order valence-electron chi connectivity index (χ2n) is 5.81. The molecule has 2 unspecified atom stereocenters. The van der Waals surface area contributed by atoms with E-state index < -0.39 is 0 Å². The van der Waals surface area contributed by atoms with Crippen LogP contribution in [0.25, 0.3) is 0 Å². The molecule has 0 spiro atoms. The Morgan fingerprint density at radius 3 is 3.21 bits per heavy atom. The van der Waals surface area contributed by atoms with Gasteiger partial charge in [0.15, 0.2) is 0 Å². The highest BCUT2D eigenvalue weighted by molar-refractivity contribution is 5.94. The SMILES string of the molecule is NC(=O)[C@H]1CN=C2Cc3c[nH]c4c3C(C=CC4)C2C1. The molecule has 0 saturated carbocycles. The number of carbonyl (C=O) groups excluding carboxylic acids is 1. The van der Waals surface area contributed by atoms with E-state index >= 15 is 0 Å². The maximum Gasteiger partial charge on any atom is 0.222 e. The molecule has 0 radical (unpaired) electrons. The Kier molecular flexibility index (Phi) is 2.22. The Bertz CT molecular complexity index is 611. The Morgan fingerprint density at radius 1 is 1.47 bits per heavy atom. The van der Waals surface area contributed by atoms with Crippen molar-refractivity contribution < 1.29 is 4.79 Å². The molecular formula is C15H17N3O. The van der Waals surface area contributed by atoms with Gasteiger partial charge in [0.05, 0.1) is 12.5 Å². The molecule has 1 aromatic rings. The number of carbonyl (C=O) groups is 1. The van der Waals surface area contributed by atoms with Crippen LogP contribution < -0.4 is 5.73 Å². The Hall–Kier alpha value is -1.84. The van der Waals surface area contributed by atoms with Gasteiger partial charge in [-0.15, -0.1) is 0 Å². The number of H-pyrrole nitrogens is 1. The molecule has 4 heteroatoms. The van der Waals surface area contributed by atoms with Crippen LogP contribution in [-0.4, -0.2) is 23.1 Å². The van der Waals surface area contributed by atoms with E-state index in [4.69, 9.17) is 5.73 Å². The minimum Gasteiger partial charge on any atom is -0.369 e.